The molecule has 110 valence electrons. The molecule has 0 aromatic carbocycles. The molecule has 1 aromatic heterocycles. The van der Waals surface area contributed by atoms with Gasteiger partial charge in [-0.25, -0.2) is 0 Å². The fourth-order valence-corrected chi connectivity index (χ4v) is 4.12. The molecule has 1 amide bonds. The minimum absolute atomic E-state index is 0.0847. The van der Waals surface area contributed by atoms with Gasteiger partial charge in [0.05, 0.1) is 0 Å². The van der Waals surface area contributed by atoms with Crippen LogP contribution < -0.4 is 5.32 Å². The van der Waals surface area contributed by atoms with Crippen molar-refractivity contribution in [3.63, 3.8) is 0 Å². The van der Waals surface area contributed by atoms with Gasteiger partial charge >= 0.3 is 0 Å². The molecule has 3 rings (SSSR count). The van der Waals surface area contributed by atoms with Gasteiger partial charge in [0.15, 0.2) is 0 Å². The van der Waals surface area contributed by atoms with Crippen molar-refractivity contribution in [2.24, 2.45) is 5.92 Å². The number of fused-ring (bicyclic) bond motifs is 1. The summed E-state index contributed by atoms with van der Waals surface area (Å²) in [6.45, 7) is 3.87. The first-order valence-corrected chi connectivity index (χ1v) is 8.49. The van der Waals surface area contributed by atoms with E-state index in [-0.39, 0.29) is 5.91 Å². The minimum Gasteiger partial charge on any atom is -0.360 e. The SMILES string of the molecule is CCCNc1nnc(C(=O)N2CCC3CCCCC32)s1. The lowest BCUT2D eigenvalue weighted by Gasteiger charge is -2.31. The van der Waals surface area contributed by atoms with Gasteiger partial charge in [-0.1, -0.05) is 31.1 Å². The highest BCUT2D eigenvalue weighted by Gasteiger charge is 2.39. The predicted molar refractivity (Wildman–Crippen MR) is 80.1 cm³/mol. The zero-order valence-corrected chi connectivity index (χ0v) is 12.8. The molecule has 5 nitrogen and oxygen atoms in total. The van der Waals surface area contributed by atoms with Crippen LogP contribution in [0.1, 0.15) is 55.3 Å². The Hall–Kier alpha value is -1.17. The molecular formula is C14H22N4OS. The van der Waals surface area contributed by atoms with E-state index in [2.05, 4.69) is 22.4 Å². The second-order valence-corrected chi connectivity index (χ2v) is 6.72. The summed E-state index contributed by atoms with van der Waals surface area (Å²) >= 11 is 1.38. The van der Waals surface area contributed by atoms with Crippen LogP contribution in [0.15, 0.2) is 0 Å². The molecule has 2 fully saturated rings. The number of hydrogen-bond donors (Lipinski definition) is 1. The average molecular weight is 294 g/mol. The maximum atomic E-state index is 12.6. The van der Waals surface area contributed by atoms with E-state index in [4.69, 9.17) is 0 Å². The Kier molecular flexibility index (Phi) is 4.19. The Bertz CT molecular complexity index is 475. The molecule has 0 bridgehead atoms. The molecule has 2 atom stereocenters. The van der Waals surface area contributed by atoms with Gasteiger partial charge in [0.2, 0.25) is 10.1 Å². The van der Waals surface area contributed by atoms with Crippen molar-refractivity contribution in [3.05, 3.63) is 5.01 Å². The van der Waals surface area contributed by atoms with Gasteiger partial charge in [0.1, 0.15) is 0 Å². The molecule has 2 heterocycles. The van der Waals surface area contributed by atoms with Crippen LogP contribution in [0.25, 0.3) is 0 Å². The Morgan fingerprint density at radius 1 is 1.35 bits per heavy atom. The van der Waals surface area contributed by atoms with Crippen molar-refractivity contribution < 1.29 is 4.79 Å². The highest BCUT2D eigenvalue weighted by Crippen LogP contribution is 2.37. The van der Waals surface area contributed by atoms with E-state index in [1.165, 1.54) is 30.6 Å². The number of nitrogens with one attached hydrogen (secondary N) is 1. The van der Waals surface area contributed by atoms with Crippen LogP contribution in [-0.4, -0.2) is 40.1 Å². The highest BCUT2D eigenvalue weighted by molar-refractivity contribution is 7.17. The van der Waals surface area contributed by atoms with Gasteiger partial charge in [-0.2, -0.15) is 0 Å². The van der Waals surface area contributed by atoms with Crippen LogP contribution in [0.4, 0.5) is 5.13 Å². The Labute approximate surface area is 123 Å². The smallest absolute Gasteiger partial charge is 0.285 e. The molecule has 6 heteroatoms. The number of anilines is 1. The lowest BCUT2D eigenvalue weighted by atomic mass is 9.85. The Morgan fingerprint density at radius 2 is 2.20 bits per heavy atom. The first-order chi connectivity index (χ1) is 9.79. The predicted octanol–water partition coefficient (Wildman–Crippen LogP) is 2.76. The fraction of sp³-hybridized carbons (Fsp3) is 0.786. The summed E-state index contributed by atoms with van der Waals surface area (Å²) < 4.78 is 0. The maximum Gasteiger partial charge on any atom is 0.285 e. The third-order valence-electron chi connectivity index (χ3n) is 4.41. The standard InChI is InChI=1S/C14H22N4OS/c1-2-8-15-14-17-16-12(20-14)13(19)18-9-7-10-5-3-4-6-11(10)18/h10-11H,2-9H2,1H3,(H,15,17). The number of carbonyl (C=O) groups is 1. The highest BCUT2D eigenvalue weighted by atomic mass is 32.1. The average Bonchev–Trinajstić information content (AvgIpc) is 3.11. The zero-order valence-electron chi connectivity index (χ0n) is 12.0. The molecule has 0 radical (unpaired) electrons. The van der Waals surface area contributed by atoms with Crippen LogP contribution in [0, 0.1) is 5.92 Å². The largest absolute Gasteiger partial charge is 0.360 e. The van der Waals surface area contributed by atoms with Crippen molar-refractivity contribution in [2.75, 3.05) is 18.4 Å². The van der Waals surface area contributed by atoms with Gasteiger partial charge in [-0.3, -0.25) is 4.79 Å². The molecule has 2 aliphatic rings. The summed E-state index contributed by atoms with van der Waals surface area (Å²) in [6, 6.07) is 0.451. The van der Waals surface area contributed by atoms with E-state index in [1.54, 1.807) is 0 Å². The summed E-state index contributed by atoms with van der Waals surface area (Å²) in [5.41, 5.74) is 0. The number of amides is 1. The normalized spacial score (nSPS) is 25.6. The van der Waals surface area contributed by atoms with Crippen LogP contribution in [0.2, 0.25) is 0 Å². The van der Waals surface area contributed by atoms with Crippen molar-refractivity contribution in [3.8, 4) is 0 Å². The first kappa shape index (κ1) is 13.8. The van der Waals surface area contributed by atoms with Gasteiger partial charge in [0, 0.05) is 19.1 Å². The third-order valence-corrected chi connectivity index (χ3v) is 5.27. The van der Waals surface area contributed by atoms with E-state index in [9.17, 15) is 4.79 Å². The monoisotopic (exact) mass is 294 g/mol. The number of rotatable bonds is 4. The van der Waals surface area contributed by atoms with E-state index in [0.717, 1.165) is 43.4 Å². The quantitative estimate of drug-likeness (QED) is 0.927. The minimum atomic E-state index is 0.0847. The second-order valence-electron chi connectivity index (χ2n) is 5.74. The summed E-state index contributed by atoms with van der Waals surface area (Å²) in [4.78, 5) is 14.6. The molecule has 1 saturated carbocycles. The van der Waals surface area contributed by atoms with Crippen LogP contribution in [0.3, 0.4) is 0 Å². The van der Waals surface area contributed by atoms with Crippen LogP contribution in [0.5, 0.6) is 0 Å². The summed E-state index contributed by atoms with van der Waals surface area (Å²) in [7, 11) is 0. The number of aromatic nitrogens is 2. The Balaban J connectivity index is 1.67. The fourth-order valence-electron chi connectivity index (χ4n) is 3.39. The number of nitrogens with zero attached hydrogens (tertiary/aromatic N) is 3. The van der Waals surface area contributed by atoms with Crippen LogP contribution >= 0.6 is 11.3 Å². The van der Waals surface area contributed by atoms with E-state index in [0.29, 0.717) is 11.0 Å². The topological polar surface area (TPSA) is 58.1 Å². The molecule has 1 saturated heterocycles. The second kappa shape index (κ2) is 6.08. The van der Waals surface area contributed by atoms with E-state index < -0.39 is 0 Å². The lowest BCUT2D eigenvalue weighted by molar-refractivity contribution is 0.0689. The van der Waals surface area contributed by atoms with Crippen LogP contribution in [-0.2, 0) is 0 Å². The lowest BCUT2D eigenvalue weighted by Crippen LogP contribution is -2.39. The molecule has 2 unspecified atom stereocenters. The third kappa shape index (κ3) is 2.66. The molecule has 20 heavy (non-hydrogen) atoms. The first-order valence-electron chi connectivity index (χ1n) is 7.68. The van der Waals surface area contributed by atoms with Gasteiger partial charge < -0.3 is 10.2 Å². The summed E-state index contributed by atoms with van der Waals surface area (Å²) in [5, 5.41) is 12.6. The zero-order chi connectivity index (χ0) is 13.9. The molecule has 1 aliphatic heterocycles. The van der Waals surface area contributed by atoms with Crippen molar-refractivity contribution >= 4 is 22.4 Å². The Morgan fingerprint density at radius 3 is 3.05 bits per heavy atom. The number of carbonyl (C=O) groups excluding carboxylic acids is 1. The van der Waals surface area contributed by atoms with Gasteiger partial charge in [-0.05, 0) is 31.6 Å². The molecular weight excluding hydrogens is 272 g/mol. The molecule has 1 N–H and O–H groups in total. The summed E-state index contributed by atoms with van der Waals surface area (Å²) in [5.74, 6) is 0.805. The molecule has 1 aromatic rings. The van der Waals surface area contributed by atoms with Crippen molar-refractivity contribution in [1.82, 2.24) is 15.1 Å². The van der Waals surface area contributed by atoms with Crippen molar-refractivity contribution in [1.29, 1.82) is 0 Å². The van der Waals surface area contributed by atoms with Crippen molar-refractivity contribution in [2.45, 2.75) is 51.5 Å². The molecule has 1 aliphatic carbocycles. The summed E-state index contributed by atoms with van der Waals surface area (Å²) in [6.07, 6.45) is 7.23. The van der Waals surface area contributed by atoms with Gasteiger partial charge in [0.25, 0.3) is 5.91 Å². The van der Waals surface area contributed by atoms with E-state index in [1.807, 2.05) is 4.90 Å². The van der Waals surface area contributed by atoms with Gasteiger partial charge in [-0.15, -0.1) is 10.2 Å². The maximum absolute atomic E-state index is 12.6. The van der Waals surface area contributed by atoms with E-state index >= 15 is 0 Å². The number of likely N-dealkylation sites (tertiary alicyclic amines) is 1. The molecule has 0 spiro atoms. The number of hydrogen-bond acceptors (Lipinski definition) is 5.